The van der Waals surface area contributed by atoms with Crippen LogP contribution in [0.15, 0.2) is 23.1 Å². The van der Waals surface area contributed by atoms with Gasteiger partial charge in [-0.3, -0.25) is 0 Å². The summed E-state index contributed by atoms with van der Waals surface area (Å²) in [5.41, 5.74) is 6.94. The molecule has 0 fully saturated rings. The van der Waals surface area contributed by atoms with Crippen LogP contribution in [0, 0.1) is 24.2 Å². The monoisotopic (exact) mass is 281 g/mol. The molecule has 0 saturated carbocycles. The molecule has 1 unspecified atom stereocenters. The number of aryl methyl sites for hydroxylation is 1. The van der Waals surface area contributed by atoms with Gasteiger partial charge in [0.15, 0.2) is 0 Å². The minimum absolute atomic E-state index is 0.102. The zero-order valence-corrected chi connectivity index (χ0v) is 12.2. The van der Waals surface area contributed by atoms with E-state index < -0.39 is 10.0 Å². The predicted molar refractivity (Wildman–Crippen MR) is 74.8 cm³/mol. The molecule has 0 spiro atoms. The highest BCUT2D eigenvalue weighted by molar-refractivity contribution is 7.89. The largest absolute Gasteiger partial charge is 0.398 e. The van der Waals surface area contributed by atoms with Gasteiger partial charge in [0.05, 0.1) is 17.7 Å². The fourth-order valence-corrected chi connectivity index (χ4v) is 3.42. The van der Waals surface area contributed by atoms with Crippen LogP contribution in [0.3, 0.4) is 0 Å². The summed E-state index contributed by atoms with van der Waals surface area (Å²) in [4.78, 5) is 0.102. The molecule has 1 rings (SSSR count). The molecule has 0 heterocycles. The maximum atomic E-state index is 12.5. The second-order valence-electron chi connectivity index (χ2n) is 4.53. The Labute approximate surface area is 114 Å². The Bertz CT molecular complexity index is 590. The van der Waals surface area contributed by atoms with Crippen molar-refractivity contribution in [3.63, 3.8) is 0 Å². The number of anilines is 1. The lowest BCUT2D eigenvalue weighted by atomic mass is 10.2. The van der Waals surface area contributed by atoms with Crippen molar-refractivity contribution in [1.82, 2.24) is 4.31 Å². The van der Waals surface area contributed by atoms with Crippen LogP contribution in [0.25, 0.3) is 0 Å². The number of nitriles is 1. The van der Waals surface area contributed by atoms with Gasteiger partial charge in [0.1, 0.15) is 4.90 Å². The zero-order chi connectivity index (χ0) is 14.6. The molecule has 5 nitrogen and oxygen atoms in total. The van der Waals surface area contributed by atoms with E-state index in [2.05, 4.69) is 0 Å². The first-order valence-corrected chi connectivity index (χ1v) is 7.52. The smallest absolute Gasteiger partial charge is 0.245 e. The molecule has 0 saturated heterocycles. The number of sulfonamides is 1. The summed E-state index contributed by atoms with van der Waals surface area (Å²) >= 11 is 0. The number of nitrogens with two attached hydrogens (primary N) is 1. The molecule has 1 aromatic carbocycles. The van der Waals surface area contributed by atoms with E-state index in [0.717, 1.165) is 5.56 Å². The third-order valence-corrected chi connectivity index (χ3v) is 4.85. The van der Waals surface area contributed by atoms with Gasteiger partial charge in [-0.25, -0.2) is 8.42 Å². The van der Waals surface area contributed by atoms with Crippen molar-refractivity contribution in [2.45, 2.75) is 25.7 Å². The second kappa shape index (κ2) is 6.04. The molecular formula is C13H19N3O2S. The standard InChI is InChI=1S/C13H19N3O2S/c1-4-16(9-11(3)8-14)19(17,18)13-6-5-10(2)7-12(13)15/h5-7,11H,4,9,15H2,1-3H3. The molecule has 6 heteroatoms. The number of nitrogens with zero attached hydrogens (tertiary/aromatic N) is 2. The van der Waals surface area contributed by atoms with E-state index >= 15 is 0 Å². The van der Waals surface area contributed by atoms with Crippen LogP contribution in [0.5, 0.6) is 0 Å². The van der Waals surface area contributed by atoms with Crippen molar-refractivity contribution < 1.29 is 8.42 Å². The minimum atomic E-state index is -3.65. The van der Waals surface area contributed by atoms with Crippen molar-refractivity contribution in [2.24, 2.45) is 5.92 Å². The molecule has 0 amide bonds. The van der Waals surface area contributed by atoms with E-state index in [-0.39, 0.29) is 23.0 Å². The van der Waals surface area contributed by atoms with Crippen molar-refractivity contribution in [2.75, 3.05) is 18.8 Å². The lowest BCUT2D eigenvalue weighted by Crippen LogP contribution is -2.34. The van der Waals surface area contributed by atoms with Crippen LogP contribution >= 0.6 is 0 Å². The third-order valence-electron chi connectivity index (χ3n) is 2.83. The maximum Gasteiger partial charge on any atom is 0.245 e. The highest BCUT2D eigenvalue weighted by Gasteiger charge is 2.26. The summed E-state index contributed by atoms with van der Waals surface area (Å²) in [6.45, 7) is 5.76. The normalized spacial score (nSPS) is 13.2. The lowest BCUT2D eigenvalue weighted by Gasteiger charge is -2.22. The first-order valence-electron chi connectivity index (χ1n) is 6.08. The van der Waals surface area contributed by atoms with Crippen molar-refractivity contribution in [3.05, 3.63) is 23.8 Å². The average Bonchev–Trinajstić information content (AvgIpc) is 2.34. The summed E-state index contributed by atoms with van der Waals surface area (Å²) in [5.74, 6) is -0.360. The van der Waals surface area contributed by atoms with Crippen molar-refractivity contribution in [1.29, 1.82) is 5.26 Å². The summed E-state index contributed by atoms with van der Waals surface area (Å²) in [5, 5.41) is 8.81. The fourth-order valence-electron chi connectivity index (χ4n) is 1.79. The van der Waals surface area contributed by atoms with Gasteiger partial charge in [-0.05, 0) is 31.5 Å². The number of benzene rings is 1. The number of nitrogen functional groups attached to an aromatic ring is 1. The van der Waals surface area contributed by atoms with E-state index in [9.17, 15) is 8.42 Å². The molecule has 1 aromatic rings. The van der Waals surface area contributed by atoms with E-state index in [0.29, 0.717) is 6.54 Å². The molecule has 0 aliphatic carbocycles. The molecule has 19 heavy (non-hydrogen) atoms. The third kappa shape index (κ3) is 3.46. The fraction of sp³-hybridized carbons (Fsp3) is 0.462. The van der Waals surface area contributed by atoms with Crippen LogP contribution < -0.4 is 5.73 Å². The van der Waals surface area contributed by atoms with Gasteiger partial charge in [0.25, 0.3) is 0 Å². The summed E-state index contributed by atoms with van der Waals surface area (Å²) < 4.78 is 26.2. The molecule has 1 atom stereocenters. The van der Waals surface area contributed by atoms with Crippen LogP contribution in [0.4, 0.5) is 5.69 Å². The Hall–Kier alpha value is -1.58. The van der Waals surface area contributed by atoms with Crippen LogP contribution in [-0.2, 0) is 10.0 Å². The summed E-state index contributed by atoms with van der Waals surface area (Å²) in [6, 6.07) is 6.90. The Kier molecular flexibility index (Phi) is 4.92. The Morgan fingerprint density at radius 3 is 2.58 bits per heavy atom. The molecule has 0 aromatic heterocycles. The molecule has 0 aliphatic heterocycles. The molecule has 0 aliphatic rings. The van der Waals surface area contributed by atoms with Gasteiger partial charge < -0.3 is 5.73 Å². The molecule has 0 bridgehead atoms. The summed E-state index contributed by atoms with van der Waals surface area (Å²) in [6.07, 6.45) is 0. The zero-order valence-electron chi connectivity index (χ0n) is 11.4. The van der Waals surface area contributed by atoms with Crippen molar-refractivity contribution in [3.8, 4) is 6.07 Å². The van der Waals surface area contributed by atoms with Crippen LogP contribution in [-0.4, -0.2) is 25.8 Å². The van der Waals surface area contributed by atoms with Gasteiger partial charge in [-0.1, -0.05) is 13.0 Å². The van der Waals surface area contributed by atoms with Gasteiger partial charge in [0.2, 0.25) is 10.0 Å². The minimum Gasteiger partial charge on any atom is -0.398 e. The topological polar surface area (TPSA) is 87.2 Å². The highest BCUT2D eigenvalue weighted by atomic mass is 32.2. The average molecular weight is 281 g/mol. The molecular weight excluding hydrogens is 262 g/mol. The van der Waals surface area contributed by atoms with Gasteiger partial charge in [0, 0.05) is 13.1 Å². The highest BCUT2D eigenvalue weighted by Crippen LogP contribution is 2.23. The molecule has 0 radical (unpaired) electrons. The SMILES string of the molecule is CCN(CC(C)C#N)S(=O)(=O)c1ccc(C)cc1N. The van der Waals surface area contributed by atoms with E-state index in [1.54, 1.807) is 26.0 Å². The van der Waals surface area contributed by atoms with Crippen LogP contribution in [0.1, 0.15) is 19.4 Å². The summed E-state index contributed by atoms with van der Waals surface area (Å²) in [7, 11) is -3.65. The number of hydrogen-bond acceptors (Lipinski definition) is 4. The molecule has 2 N–H and O–H groups in total. The quantitative estimate of drug-likeness (QED) is 0.833. The number of hydrogen-bond donors (Lipinski definition) is 1. The first-order chi connectivity index (χ1) is 8.82. The Balaban J connectivity index is 3.18. The van der Waals surface area contributed by atoms with Crippen molar-refractivity contribution >= 4 is 15.7 Å². The Morgan fingerprint density at radius 2 is 2.11 bits per heavy atom. The second-order valence-corrected chi connectivity index (χ2v) is 6.43. The van der Waals surface area contributed by atoms with E-state index in [1.165, 1.54) is 10.4 Å². The van der Waals surface area contributed by atoms with Gasteiger partial charge >= 0.3 is 0 Å². The number of rotatable bonds is 5. The van der Waals surface area contributed by atoms with Gasteiger partial charge in [-0.15, -0.1) is 0 Å². The maximum absolute atomic E-state index is 12.5. The molecule has 104 valence electrons. The van der Waals surface area contributed by atoms with Crippen LogP contribution in [0.2, 0.25) is 0 Å². The Morgan fingerprint density at radius 1 is 1.47 bits per heavy atom. The van der Waals surface area contributed by atoms with E-state index in [1.807, 2.05) is 13.0 Å². The van der Waals surface area contributed by atoms with Gasteiger partial charge in [-0.2, -0.15) is 9.57 Å². The first kappa shape index (κ1) is 15.5. The van der Waals surface area contributed by atoms with E-state index in [4.69, 9.17) is 11.0 Å². The predicted octanol–water partition coefficient (Wildman–Crippen LogP) is 1.75. The lowest BCUT2D eigenvalue weighted by molar-refractivity contribution is 0.400.